The van der Waals surface area contributed by atoms with Crippen LogP contribution < -0.4 is 0 Å². The van der Waals surface area contributed by atoms with E-state index in [0.717, 1.165) is 12.8 Å². The van der Waals surface area contributed by atoms with Gasteiger partial charge in [0, 0.05) is 33.9 Å². The lowest BCUT2D eigenvalue weighted by Gasteiger charge is -2.16. The summed E-state index contributed by atoms with van der Waals surface area (Å²) in [6.07, 6.45) is 2.93. The van der Waals surface area contributed by atoms with E-state index in [0.29, 0.717) is 36.9 Å². The maximum atomic E-state index is 12.7. The lowest BCUT2D eigenvalue weighted by molar-refractivity contribution is 0.0651. The molecule has 0 fully saturated rings. The lowest BCUT2D eigenvalue weighted by atomic mass is 10.1. The zero-order chi connectivity index (χ0) is 19.0. The number of rotatable bonds is 9. The lowest BCUT2D eigenvalue weighted by Crippen LogP contribution is -2.30. The summed E-state index contributed by atoms with van der Waals surface area (Å²) in [6, 6.07) is 6.89. The zero-order valence-corrected chi connectivity index (χ0v) is 18.4. The predicted octanol–water partition coefficient (Wildman–Crippen LogP) is 4.81. The van der Waals surface area contributed by atoms with E-state index in [1.54, 1.807) is 24.3 Å². The Kier molecular flexibility index (Phi) is 8.68. The number of carbonyl (C=O) groups excluding carboxylic acids is 2. The van der Waals surface area contributed by atoms with E-state index in [9.17, 15) is 14.2 Å². The molecule has 8 heteroatoms. The molecule has 1 atom stereocenters. The van der Waals surface area contributed by atoms with Gasteiger partial charge in [0.2, 0.25) is 7.37 Å². The van der Waals surface area contributed by atoms with E-state index in [-0.39, 0.29) is 18.0 Å². The van der Waals surface area contributed by atoms with Gasteiger partial charge in [0.25, 0.3) is 11.8 Å². The highest BCUT2D eigenvalue weighted by atomic mass is 127. The van der Waals surface area contributed by atoms with Crippen LogP contribution in [-0.4, -0.2) is 42.2 Å². The molecule has 0 spiro atoms. The molecule has 2 amide bonds. The molecule has 1 heterocycles. The Morgan fingerprint density at radius 3 is 2.38 bits per heavy atom. The maximum Gasteiger partial charge on any atom is 0.261 e. The van der Waals surface area contributed by atoms with Crippen LogP contribution in [0.2, 0.25) is 0 Å². The van der Waals surface area contributed by atoms with Gasteiger partial charge in [0.05, 0.1) is 23.9 Å². The number of amides is 2. The smallest absolute Gasteiger partial charge is 0.261 e. The number of benzene rings is 1. The second-order valence-electron chi connectivity index (χ2n) is 5.84. The first kappa shape index (κ1) is 21.5. The van der Waals surface area contributed by atoms with E-state index < -0.39 is 7.37 Å². The average molecular weight is 505 g/mol. The third kappa shape index (κ3) is 5.59. The molecule has 0 saturated heterocycles. The Bertz CT molecular complexity index is 739. The first-order chi connectivity index (χ1) is 12.5. The maximum absolute atomic E-state index is 12.7. The van der Waals surface area contributed by atoms with Gasteiger partial charge in [-0.3, -0.25) is 19.1 Å². The van der Waals surface area contributed by atoms with Crippen LogP contribution in [0.15, 0.2) is 24.3 Å². The van der Waals surface area contributed by atoms with Gasteiger partial charge in [0.15, 0.2) is 0 Å². The SMILES string of the molecule is CCOP(=O)(CC#CSI)CCCCCN1C(=O)c2ccccc2C1=O. The Hall–Kier alpha value is -0.810. The minimum absolute atomic E-state index is 0.225. The molecule has 1 aliphatic rings. The number of hydrogen-bond acceptors (Lipinski definition) is 5. The van der Waals surface area contributed by atoms with Gasteiger partial charge in [-0.1, -0.05) is 24.5 Å². The number of halogens is 1. The molecule has 2 rings (SSSR count). The molecule has 1 aliphatic heterocycles. The molecule has 0 aromatic heterocycles. The largest absolute Gasteiger partial charge is 0.328 e. The van der Waals surface area contributed by atoms with Crippen LogP contribution >= 0.6 is 37.5 Å². The molecular weight excluding hydrogens is 484 g/mol. The van der Waals surface area contributed by atoms with Crippen molar-refractivity contribution in [2.24, 2.45) is 0 Å². The summed E-state index contributed by atoms with van der Waals surface area (Å²) in [5.41, 5.74) is 0.954. The second-order valence-corrected chi connectivity index (χ2v) is 10.2. The van der Waals surface area contributed by atoms with Crippen molar-refractivity contribution >= 4 is 49.3 Å². The minimum atomic E-state index is -2.72. The van der Waals surface area contributed by atoms with Crippen LogP contribution in [0, 0.1) is 11.2 Å². The fourth-order valence-electron chi connectivity index (χ4n) is 2.85. The van der Waals surface area contributed by atoms with E-state index in [2.05, 4.69) is 32.4 Å². The summed E-state index contributed by atoms with van der Waals surface area (Å²) in [7, 11) is -1.36. The van der Waals surface area contributed by atoms with Crippen molar-refractivity contribution in [1.82, 2.24) is 4.90 Å². The number of hydrogen-bond donors (Lipinski definition) is 0. The van der Waals surface area contributed by atoms with Crippen molar-refractivity contribution in [1.29, 1.82) is 0 Å². The normalized spacial score (nSPS) is 15.4. The average Bonchev–Trinajstić information content (AvgIpc) is 2.87. The van der Waals surface area contributed by atoms with E-state index in [4.69, 9.17) is 4.52 Å². The second kappa shape index (κ2) is 10.5. The standard InChI is InChI=1S/C18H21INO4PS/c1-2-24-25(23,13-8-14-26-19)12-7-3-6-11-20-17(21)15-9-4-5-10-16(15)18(20)22/h4-5,9-10H,2-3,6-7,11-13H2,1H3. The monoisotopic (exact) mass is 505 g/mol. The number of carbonyl (C=O) groups is 2. The van der Waals surface area contributed by atoms with Crippen molar-refractivity contribution in [2.45, 2.75) is 26.2 Å². The number of unbranched alkanes of at least 4 members (excludes halogenated alkanes) is 2. The molecule has 0 saturated carbocycles. The van der Waals surface area contributed by atoms with Crippen molar-refractivity contribution < 1.29 is 18.7 Å². The summed E-state index contributed by atoms with van der Waals surface area (Å²) < 4.78 is 18.2. The highest BCUT2D eigenvalue weighted by molar-refractivity contribution is 14.2. The number of nitrogens with zero attached hydrogens (tertiary/aromatic N) is 1. The van der Waals surface area contributed by atoms with Crippen LogP contribution in [0.3, 0.4) is 0 Å². The van der Waals surface area contributed by atoms with Crippen LogP contribution in [0.1, 0.15) is 46.9 Å². The molecule has 1 aromatic carbocycles. The highest BCUT2D eigenvalue weighted by Gasteiger charge is 2.34. The van der Waals surface area contributed by atoms with Crippen LogP contribution in [-0.2, 0) is 9.09 Å². The van der Waals surface area contributed by atoms with Gasteiger partial charge in [-0.15, -0.1) is 0 Å². The Morgan fingerprint density at radius 2 is 1.81 bits per heavy atom. The van der Waals surface area contributed by atoms with Gasteiger partial charge in [-0.2, -0.15) is 0 Å². The van der Waals surface area contributed by atoms with Crippen LogP contribution in [0.4, 0.5) is 0 Å². The number of imide groups is 1. The molecule has 26 heavy (non-hydrogen) atoms. The summed E-state index contributed by atoms with van der Waals surface area (Å²) in [5.74, 6) is 2.44. The quantitative estimate of drug-likeness (QED) is 0.159. The summed E-state index contributed by atoms with van der Waals surface area (Å²) in [6.45, 7) is 2.62. The minimum Gasteiger partial charge on any atom is -0.328 e. The molecule has 1 aromatic rings. The van der Waals surface area contributed by atoms with Crippen LogP contribution in [0.5, 0.6) is 0 Å². The first-order valence-electron chi connectivity index (χ1n) is 8.45. The van der Waals surface area contributed by atoms with Crippen molar-refractivity contribution in [3.8, 4) is 11.2 Å². The molecule has 5 nitrogen and oxygen atoms in total. The van der Waals surface area contributed by atoms with Crippen molar-refractivity contribution in [2.75, 3.05) is 25.5 Å². The van der Waals surface area contributed by atoms with Crippen molar-refractivity contribution in [3.05, 3.63) is 35.4 Å². The highest BCUT2D eigenvalue weighted by Crippen LogP contribution is 2.47. The van der Waals surface area contributed by atoms with Gasteiger partial charge < -0.3 is 4.52 Å². The Balaban J connectivity index is 1.79. The molecule has 140 valence electrons. The fraction of sp³-hybridized carbons (Fsp3) is 0.444. The third-order valence-electron chi connectivity index (χ3n) is 4.05. The third-order valence-corrected chi connectivity index (χ3v) is 7.30. The van der Waals surface area contributed by atoms with Gasteiger partial charge in [0.1, 0.15) is 0 Å². The number of fused-ring (bicyclic) bond motifs is 1. The topological polar surface area (TPSA) is 63.7 Å². The molecule has 0 N–H and O–H groups in total. The summed E-state index contributed by atoms with van der Waals surface area (Å²) in [4.78, 5) is 25.9. The first-order valence-corrected chi connectivity index (χ1v) is 13.8. The Labute approximate surface area is 170 Å². The molecule has 0 aliphatic carbocycles. The Morgan fingerprint density at radius 1 is 1.15 bits per heavy atom. The summed E-state index contributed by atoms with van der Waals surface area (Å²) in [5, 5.41) is 2.84. The zero-order valence-electron chi connectivity index (χ0n) is 14.6. The molecular formula is C18H21INO4PS. The molecule has 1 unspecified atom stereocenters. The summed E-state index contributed by atoms with van der Waals surface area (Å²) >= 11 is 2.07. The predicted molar refractivity (Wildman–Crippen MR) is 114 cm³/mol. The van der Waals surface area contributed by atoms with Gasteiger partial charge in [-0.05, 0) is 46.1 Å². The molecule has 0 radical (unpaired) electrons. The van der Waals surface area contributed by atoms with E-state index >= 15 is 0 Å². The molecule has 0 bridgehead atoms. The van der Waals surface area contributed by atoms with Crippen molar-refractivity contribution in [3.63, 3.8) is 0 Å². The van der Waals surface area contributed by atoms with E-state index in [1.807, 2.05) is 6.92 Å². The van der Waals surface area contributed by atoms with Gasteiger partial charge in [-0.25, -0.2) is 0 Å². The van der Waals surface area contributed by atoms with Crippen LogP contribution in [0.25, 0.3) is 0 Å². The van der Waals surface area contributed by atoms with Gasteiger partial charge >= 0.3 is 0 Å². The van der Waals surface area contributed by atoms with E-state index in [1.165, 1.54) is 13.8 Å². The fourth-order valence-corrected chi connectivity index (χ4v) is 5.42.